The second kappa shape index (κ2) is 5.52. The van der Waals surface area contributed by atoms with E-state index < -0.39 is 0 Å². The van der Waals surface area contributed by atoms with Crippen molar-refractivity contribution in [2.24, 2.45) is 11.8 Å². The second-order valence-electron chi connectivity index (χ2n) is 5.86. The molecular weight excluding hydrogens is 270 g/mol. The first kappa shape index (κ1) is 14.1. The van der Waals surface area contributed by atoms with Gasteiger partial charge in [0.05, 0.1) is 18.1 Å². The fraction of sp³-hybridized carbons (Fsp3) is 0.600. The predicted molar refractivity (Wildman–Crippen MR) is 80.9 cm³/mol. The van der Waals surface area contributed by atoms with Crippen molar-refractivity contribution < 1.29 is 9.66 Å². The van der Waals surface area contributed by atoms with Crippen molar-refractivity contribution in [3.8, 4) is 5.75 Å². The van der Waals surface area contributed by atoms with E-state index in [1.54, 1.807) is 13.2 Å². The van der Waals surface area contributed by atoms with Crippen LogP contribution >= 0.6 is 0 Å². The Kier molecular flexibility index (Phi) is 3.71. The van der Waals surface area contributed by atoms with Gasteiger partial charge in [-0.1, -0.05) is 6.92 Å². The van der Waals surface area contributed by atoms with E-state index >= 15 is 0 Å². The number of rotatable bonds is 4. The Balaban J connectivity index is 1.95. The SMILES string of the molecule is CCC1C2CNCC2CN1c1cc(OC)cc([N+](=O)[O-])c1. The Hall–Kier alpha value is -1.82. The van der Waals surface area contributed by atoms with Crippen molar-refractivity contribution in [1.82, 2.24) is 5.32 Å². The highest BCUT2D eigenvalue weighted by atomic mass is 16.6. The molecule has 114 valence electrons. The predicted octanol–water partition coefficient (Wildman–Crippen LogP) is 2.04. The zero-order valence-electron chi connectivity index (χ0n) is 12.4. The molecule has 1 aromatic carbocycles. The number of ether oxygens (including phenoxy) is 1. The molecule has 2 aliphatic heterocycles. The van der Waals surface area contributed by atoms with Gasteiger partial charge in [-0.2, -0.15) is 0 Å². The van der Waals surface area contributed by atoms with Crippen LogP contribution in [0.3, 0.4) is 0 Å². The number of nitro benzene ring substituents is 1. The number of nitro groups is 1. The van der Waals surface area contributed by atoms with Gasteiger partial charge in [0.25, 0.3) is 5.69 Å². The molecule has 0 saturated carbocycles. The Morgan fingerprint density at radius 2 is 2.24 bits per heavy atom. The summed E-state index contributed by atoms with van der Waals surface area (Å²) < 4.78 is 5.22. The molecule has 0 aliphatic carbocycles. The lowest BCUT2D eigenvalue weighted by atomic mass is 9.93. The zero-order valence-corrected chi connectivity index (χ0v) is 12.4. The van der Waals surface area contributed by atoms with Gasteiger partial charge in [-0.25, -0.2) is 0 Å². The summed E-state index contributed by atoms with van der Waals surface area (Å²) in [4.78, 5) is 13.1. The minimum absolute atomic E-state index is 0.0920. The Bertz CT molecular complexity index is 549. The molecule has 3 atom stereocenters. The maximum Gasteiger partial charge on any atom is 0.275 e. The van der Waals surface area contributed by atoms with Crippen molar-refractivity contribution in [3.63, 3.8) is 0 Å². The maximum atomic E-state index is 11.1. The summed E-state index contributed by atoms with van der Waals surface area (Å²) in [7, 11) is 1.54. The van der Waals surface area contributed by atoms with Crippen molar-refractivity contribution >= 4 is 11.4 Å². The summed E-state index contributed by atoms with van der Waals surface area (Å²) in [6, 6.07) is 5.49. The number of nitrogens with one attached hydrogen (secondary N) is 1. The number of hydrogen-bond acceptors (Lipinski definition) is 5. The maximum absolute atomic E-state index is 11.1. The van der Waals surface area contributed by atoms with Gasteiger partial charge in [0.2, 0.25) is 0 Å². The Morgan fingerprint density at radius 3 is 2.90 bits per heavy atom. The standard InChI is InChI=1S/C15H21N3O3/c1-3-15-14-8-16-7-10(14)9-17(15)11-4-12(18(19)20)6-13(5-11)21-2/h4-6,10,14-16H,3,7-9H2,1-2H3. The second-order valence-corrected chi connectivity index (χ2v) is 5.86. The number of nitrogens with zero attached hydrogens (tertiary/aromatic N) is 2. The van der Waals surface area contributed by atoms with E-state index in [-0.39, 0.29) is 10.6 Å². The van der Waals surface area contributed by atoms with Crippen LogP contribution in [0.15, 0.2) is 18.2 Å². The largest absolute Gasteiger partial charge is 0.496 e. The number of fused-ring (bicyclic) bond motifs is 1. The molecular formula is C15H21N3O3. The van der Waals surface area contributed by atoms with Crippen LogP contribution < -0.4 is 15.0 Å². The number of methoxy groups -OCH3 is 1. The monoisotopic (exact) mass is 291 g/mol. The van der Waals surface area contributed by atoms with E-state index in [1.165, 1.54) is 6.07 Å². The molecule has 0 amide bonds. The van der Waals surface area contributed by atoms with E-state index in [0.717, 1.165) is 31.7 Å². The van der Waals surface area contributed by atoms with Gasteiger partial charge < -0.3 is 15.0 Å². The fourth-order valence-corrected chi connectivity index (χ4v) is 3.80. The van der Waals surface area contributed by atoms with Crippen molar-refractivity contribution in [2.75, 3.05) is 31.6 Å². The first-order valence-electron chi connectivity index (χ1n) is 7.45. The fourth-order valence-electron chi connectivity index (χ4n) is 3.80. The highest BCUT2D eigenvalue weighted by Crippen LogP contribution is 2.39. The molecule has 2 heterocycles. The van der Waals surface area contributed by atoms with Gasteiger partial charge in [-0.3, -0.25) is 10.1 Å². The molecule has 6 nitrogen and oxygen atoms in total. The number of hydrogen-bond donors (Lipinski definition) is 1. The Morgan fingerprint density at radius 1 is 1.43 bits per heavy atom. The van der Waals surface area contributed by atoms with E-state index in [0.29, 0.717) is 23.6 Å². The average molecular weight is 291 g/mol. The van der Waals surface area contributed by atoms with Gasteiger partial charge in [-0.05, 0) is 18.3 Å². The van der Waals surface area contributed by atoms with Crippen LogP contribution in [0.25, 0.3) is 0 Å². The van der Waals surface area contributed by atoms with E-state index in [1.807, 2.05) is 6.07 Å². The van der Waals surface area contributed by atoms with Crippen LogP contribution in [-0.4, -0.2) is 37.7 Å². The minimum Gasteiger partial charge on any atom is -0.496 e. The van der Waals surface area contributed by atoms with Crippen LogP contribution in [0.5, 0.6) is 5.75 Å². The third-order valence-electron chi connectivity index (χ3n) is 4.79. The van der Waals surface area contributed by atoms with Crippen molar-refractivity contribution in [2.45, 2.75) is 19.4 Å². The van der Waals surface area contributed by atoms with Crippen LogP contribution in [0.1, 0.15) is 13.3 Å². The smallest absolute Gasteiger partial charge is 0.275 e. The first-order chi connectivity index (χ1) is 10.1. The van der Waals surface area contributed by atoms with Crippen molar-refractivity contribution in [3.05, 3.63) is 28.3 Å². The van der Waals surface area contributed by atoms with Gasteiger partial charge in [0.15, 0.2) is 0 Å². The Labute approximate surface area is 124 Å². The summed E-state index contributed by atoms with van der Waals surface area (Å²) >= 11 is 0. The molecule has 0 radical (unpaired) electrons. The average Bonchev–Trinajstić information content (AvgIpc) is 3.06. The lowest BCUT2D eigenvalue weighted by Crippen LogP contribution is -2.35. The molecule has 3 unspecified atom stereocenters. The summed E-state index contributed by atoms with van der Waals surface area (Å²) in [6.45, 7) is 5.24. The summed E-state index contributed by atoms with van der Waals surface area (Å²) in [5, 5.41) is 14.6. The van der Waals surface area contributed by atoms with Crippen molar-refractivity contribution in [1.29, 1.82) is 0 Å². The molecule has 2 fully saturated rings. The highest BCUT2D eigenvalue weighted by Gasteiger charge is 2.43. The number of anilines is 1. The third-order valence-corrected chi connectivity index (χ3v) is 4.79. The molecule has 2 saturated heterocycles. The molecule has 1 aromatic rings. The molecule has 1 N–H and O–H groups in total. The highest BCUT2D eigenvalue weighted by molar-refractivity contribution is 5.59. The molecule has 0 aromatic heterocycles. The van der Waals surface area contributed by atoms with E-state index in [9.17, 15) is 10.1 Å². The topological polar surface area (TPSA) is 67.6 Å². The number of non-ortho nitro benzene ring substituents is 1. The zero-order chi connectivity index (χ0) is 15.0. The van der Waals surface area contributed by atoms with Gasteiger partial charge >= 0.3 is 0 Å². The molecule has 2 aliphatic rings. The first-order valence-corrected chi connectivity index (χ1v) is 7.45. The third kappa shape index (κ3) is 2.44. The summed E-state index contributed by atoms with van der Waals surface area (Å²) in [5.74, 6) is 1.82. The molecule has 6 heteroatoms. The summed E-state index contributed by atoms with van der Waals surface area (Å²) in [5.41, 5.74) is 0.997. The molecule has 0 spiro atoms. The van der Waals surface area contributed by atoms with Crippen LogP contribution in [0.4, 0.5) is 11.4 Å². The minimum atomic E-state index is -0.356. The summed E-state index contributed by atoms with van der Waals surface area (Å²) in [6.07, 6.45) is 1.05. The van der Waals surface area contributed by atoms with Gasteiger partial charge in [0.1, 0.15) is 5.75 Å². The lowest BCUT2D eigenvalue weighted by molar-refractivity contribution is -0.384. The van der Waals surface area contributed by atoms with Gasteiger partial charge in [0, 0.05) is 43.5 Å². The quantitative estimate of drug-likeness (QED) is 0.679. The molecule has 21 heavy (non-hydrogen) atoms. The lowest BCUT2D eigenvalue weighted by Gasteiger charge is -2.29. The molecule has 3 rings (SSSR count). The van der Waals surface area contributed by atoms with Crippen LogP contribution in [0.2, 0.25) is 0 Å². The van der Waals surface area contributed by atoms with Crippen LogP contribution in [-0.2, 0) is 0 Å². The molecule has 0 bridgehead atoms. The number of benzene rings is 1. The van der Waals surface area contributed by atoms with E-state index in [2.05, 4.69) is 17.1 Å². The van der Waals surface area contributed by atoms with E-state index in [4.69, 9.17) is 4.74 Å². The normalized spacial score (nSPS) is 27.7. The van der Waals surface area contributed by atoms with Gasteiger partial charge in [-0.15, -0.1) is 0 Å². The van der Waals surface area contributed by atoms with Crippen LogP contribution in [0, 0.1) is 22.0 Å².